The molecule has 1 aromatic heterocycles. The van der Waals surface area contributed by atoms with Crippen LogP contribution in [0, 0.1) is 6.92 Å². The van der Waals surface area contributed by atoms with E-state index in [2.05, 4.69) is 37.1 Å². The van der Waals surface area contributed by atoms with Gasteiger partial charge in [0, 0.05) is 10.4 Å². The van der Waals surface area contributed by atoms with Crippen molar-refractivity contribution in [2.75, 3.05) is 13.1 Å². The van der Waals surface area contributed by atoms with Crippen molar-refractivity contribution in [2.45, 2.75) is 45.2 Å². The lowest BCUT2D eigenvalue weighted by molar-refractivity contribution is 0.125. The van der Waals surface area contributed by atoms with E-state index in [-0.39, 0.29) is 11.6 Å². The Balaban J connectivity index is 2.19. The molecular weight excluding hydrogens is 216 g/mol. The summed E-state index contributed by atoms with van der Waals surface area (Å²) in [6.45, 7) is 9.12. The lowest BCUT2D eigenvalue weighted by Gasteiger charge is -2.40. The van der Waals surface area contributed by atoms with E-state index in [1.54, 1.807) is 11.3 Å². The van der Waals surface area contributed by atoms with Crippen molar-refractivity contribution in [3.63, 3.8) is 0 Å². The van der Waals surface area contributed by atoms with Gasteiger partial charge >= 0.3 is 0 Å². The van der Waals surface area contributed by atoms with Crippen LogP contribution in [0.15, 0.2) is 11.4 Å². The smallest absolute Gasteiger partial charge is 0.0574 e. The van der Waals surface area contributed by atoms with Crippen LogP contribution in [-0.4, -0.2) is 23.5 Å². The molecule has 2 rings (SSSR count). The molecule has 1 fully saturated rings. The first kappa shape index (κ1) is 12.1. The minimum Gasteiger partial charge on any atom is -0.322 e. The van der Waals surface area contributed by atoms with Crippen molar-refractivity contribution in [2.24, 2.45) is 5.73 Å². The molecule has 0 aliphatic carbocycles. The first-order valence-electron chi connectivity index (χ1n) is 6.08. The fourth-order valence-electron chi connectivity index (χ4n) is 2.51. The Kier molecular flexibility index (Phi) is 3.38. The minimum absolute atomic E-state index is 0.0755. The Hall–Kier alpha value is -0.380. The first-order valence-corrected chi connectivity index (χ1v) is 6.96. The van der Waals surface area contributed by atoms with E-state index in [4.69, 9.17) is 5.73 Å². The van der Waals surface area contributed by atoms with Crippen LogP contribution < -0.4 is 5.73 Å². The second-order valence-electron chi connectivity index (χ2n) is 5.29. The van der Waals surface area contributed by atoms with Gasteiger partial charge in [-0.05, 0) is 63.7 Å². The van der Waals surface area contributed by atoms with E-state index in [1.807, 2.05) is 0 Å². The number of hydrogen-bond donors (Lipinski definition) is 1. The molecule has 2 N–H and O–H groups in total. The van der Waals surface area contributed by atoms with Crippen molar-refractivity contribution in [3.05, 3.63) is 21.9 Å². The normalized spacial score (nSPS) is 20.2. The van der Waals surface area contributed by atoms with E-state index in [0.29, 0.717) is 0 Å². The lowest BCUT2D eigenvalue weighted by atomic mass is 9.91. The summed E-state index contributed by atoms with van der Waals surface area (Å²) in [4.78, 5) is 3.88. The molecule has 90 valence electrons. The fourth-order valence-corrected chi connectivity index (χ4v) is 3.62. The highest BCUT2D eigenvalue weighted by Gasteiger charge is 2.36. The number of hydrogen-bond acceptors (Lipinski definition) is 3. The zero-order valence-electron chi connectivity index (χ0n) is 10.5. The molecule has 0 saturated carbocycles. The van der Waals surface area contributed by atoms with Gasteiger partial charge in [-0.3, -0.25) is 4.90 Å². The van der Waals surface area contributed by atoms with Gasteiger partial charge in [0.1, 0.15) is 0 Å². The Morgan fingerprint density at radius 3 is 2.50 bits per heavy atom. The van der Waals surface area contributed by atoms with Crippen molar-refractivity contribution < 1.29 is 0 Å². The first-order chi connectivity index (χ1) is 7.53. The predicted octanol–water partition coefficient (Wildman–Crippen LogP) is 2.93. The number of thiophene rings is 1. The van der Waals surface area contributed by atoms with E-state index >= 15 is 0 Å². The number of aryl methyl sites for hydroxylation is 1. The maximum atomic E-state index is 6.47. The zero-order valence-corrected chi connectivity index (χ0v) is 11.3. The lowest BCUT2D eigenvalue weighted by Crippen LogP contribution is -2.49. The van der Waals surface area contributed by atoms with E-state index < -0.39 is 0 Å². The molecule has 1 aliphatic rings. The third-order valence-corrected chi connectivity index (χ3v) is 4.97. The molecule has 1 atom stereocenters. The van der Waals surface area contributed by atoms with E-state index in [1.165, 1.54) is 36.4 Å². The largest absolute Gasteiger partial charge is 0.322 e. The van der Waals surface area contributed by atoms with Gasteiger partial charge in [0.2, 0.25) is 0 Å². The molecule has 2 heterocycles. The Morgan fingerprint density at radius 2 is 2.00 bits per heavy atom. The number of likely N-dealkylation sites (tertiary alicyclic amines) is 1. The molecule has 1 aliphatic heterocycles. The molecule has 0 bridgehead atoms. The van der Waals surface area contributed by atoms with Crippen molar-refractivity contribution >= 4 is 11.3 Å². The summed E-state index contributed by atoms with van der Waals surface area (Å²) in [7, 11) is 0. The van der Waals surface area contributed by atoms with Crippen molar-refractivity contribution in [3.8, 4) is 0 Å². The standard InChI is InChI=1S/C13H22N2S/c1-10-6-9-16-11(10)12(14)13(2,3)15-7-4-5-8-15/h6,9,12H,4-5,7-8,14H2,1-3H3. The minimum atomic E-state index is 0.0755. The molecule has 0 radical (unpaired) electrons. The summed E-state index contributed by atoms with van der Waals surface area (Å²) in [5.74, 6) is 0. The topological polar surface area (TPSA) is 29.3 Å². The monoisotopic (exact) mass is 238 g/mol. The highest BCUT2D eigenvalue weighted by atomic mass is 32.1. The number of nitrogens with two attached hydrogens (primary N) is 1. The van der Waals surface area contributed by atoms with Gasteiger partial charge in [-0.15, -0.1) is 11.3 Å². The maximum absolute atomic E-state index is 6.47. The third kappa shape index (κ3) is 2.04. The number of nitrogens with zero attached hydrogens (tertiary/aromatic N) is 1. The molecule has 3 heteroatoms. The van der Waals surface area contributed by atoms with Crippen LogP contribution in [-0.2, 0) is 0 Å². The summed E-state index contributed by atoms with van der Waals surface area (Å²) >= 11 is 1.79. The fraction of sp³-hybridized carbons (Fsp3) is 0.692. The molecule has 1 aromatic rings. The van der Waals surface area contributed by atoms with Crippen LogP contribution in [0.5, 0.6) is 0 Å². The molecule has 0 aromatic carbocycles. The van der Waals surface area contributed by atoms with Gasteiger partial charge in [0.15, 0.2) is 0 Å². The molecule has 2 nitrogen and oxygen atoms in total. The average molecular weight is 238 g/mol. The van der Waals surface area contributed by atoms with Gasteiger partial charge in [-0.1, -0.05) is 0 Å². The van der Waals surface area contributed by atoms with Gasteiger partial charge in [-0.2, -0.15) is 0 Å². The average Bonchev–Trinajstić information content (AvgIpc) is 2.86. The second kappa shape index (κ2) is 4.47. The van der Waals surface area contributed by atoms with E-state index in [0.717, 1.165) is 0 Å². The SMILES string of the molecule is Cc1ccsc1C(N)C(C)(C)N1CCCC1. The van der Waals surface area contributed by atoms with Crippen LogP contribution in [0.3, 0.4) is 0 Å². The summed E-state index contributed by atoms with van der Waals surface area (Å²) in [5.41, 5.74) is 7.88. The molecule has 16 heavy (non-hydrogen) atoms. The van der Waals surface area contributed by atoms with Crippen molar-refractivity contribution in [1.82, 2.24) is 4.90 Å². The van der Waals surface area contributed by atoms with Gasteiger partial charge in [-0.25, -0.2) is 0 Å². The van der Waals surface area contributed by atoms with Crippen LogP contribution in [0.1, 0.15) is 43.2 Å². The van der Waals surface area contributed by atoms with Gasteiger partial charge < -0.3 is 5.73 Å². The Labute approximate surface area is 102 Å². The Morgan fingerprint density at radius 1 is 1.38 bits per heavy atom. The van der Waals surface area contributed by atoms with Crippen LogP contribution >= 0.6 is 11.3 Å². The molecule has 1 unspecified atom stereocenters. The van der Waals surface area contributed by atoms with E-state index in [9.17, 15) is 0 Å². The van der Waals surface area contributed by atoms with Crippen LogP contribution in [0.2, 0.25) is 0 Å². The molecule has 0 spiro atoms. The van der Waals surface area contributed by atoms with Crippen molar-refractivity contribution in [1.29, 1.82) is 0 Å². The van der Waals surface area contributed by atoms with Gasteiger partial charge in [0.05, 0.1) is 6.04 Å². The molecule has 0 amide bonds. The predicted molar refractivity (Wildman–Crippen MR) is 70.9 cm³/mol. The second-order valence-corrected chi connectivity index (χ2v) is 6.24. The molecular formula is C13H22N2S. The Bertz CT molecular complexity index is 351. The van der Waals surface area contributed by atoms with Gasteiger partial charge in [0.25, 0.3) is 0 Å². The quantitative estimate of drug-likeness (QED) is 0.877. The third-order valence-electron chi connectivity index (χ3n) is 3.87. The highest BCUT2D eigenvalue weighted by molar-refractivity contribution is 7.10. The summed E-state index contributed by atoms with van der Waals surface area (Å²) < 4.78 is 0. The highest BCUT2D eigenvalue weighted by Crippen LogP contribution is 2.35. The maximum Gasteiger partial charge on any atom is 0.0574 e. The molecule has 1 saturated heterocycles. The summed E-state index contributed by atoms with van der Waals surface area (Å²) in [5, 5.41) is 2.14. The van der Waals surface area contributed by atoms with Crippen LogP contribution in [0.25, 0.3) is 0 Å². The summed E-state index contributed by atoms with van der Waals surface area (Å²) in [6, 6.07) is 2.30. The zero-order chi connectivity index (χ0) is 11.8. The number of rotatable bonds is 3. The summed E-state index contributed by atoms with van der Waals surface area (Å²) in [6.07, 6.45) is 2.64. The van der Waals surface area contributed by atoms with Crippen LogP contribution in [0.4, 0.5) is 0 Å².